The van der Waals surface area contributed by atoms with E-state index in [0.29, 0.717) is 12.1 Å². The van der Waals surface area contributed by atoms with Crippen LogP contribution in [0.5, 0.6) is 0 Å². The van der Waals surface area contributed by atoms with Crippen molar-refractivity contribution >= 4 is 23.0 Å². The molecule has 0 saturated carbocycles. The standard InChI is InChI=1S/C15H7F6N3O5/c16-14(17,18)7-3-8(15(19,20)21)5-9(4-7)22-13(25)11-2-1-10(23(26)27)6-12(11)24(28)29/h1-6H,(H,22,25). The molecule has 2 aromatic carbocycles. The quantitative estimate of drug-likeness (QED) is 0.431. The van der Waals surface area contributed by atoms with Crippen LogP contribution in [0.2, 0.25) is 0 Å². The van der Waals surface area contributed by atoms with Gasteiger partial charge in [-0.05, 0) is 24.3 Å². The predicted octanol–water partition coefficient (Wildman–Crippen LogP) is 4.79. The molecule has 0 radical (unpaired) electrons. The molecule has 2 aromatic rings. The lowest BCUT2D eigenvalue weighted by Gasteiger charge is -2.14. The van der Waals surface area contributed by atoms with Crippen LogP contribution in [0.3, 0.4) is 0 Å². The molecule has 29 heavy (non-hydrogen) atoms. The van der Waals surface area contributed by atoms with E-state index < -0.39 is 61.9 Å². The molecule has 14 heteroatoms. The highest BCUT2D eigenvalue weighted by Gasteiger charge is 2.37. The highest BCUT2D eigenvalue weighted by Crippen LogP contribution is 2.37. The van der Waals surface area contributed by atoms with Crippen LogP contribution in [0, 0.1) is 20.2 Å². The fraction of sp³-hybridized carbons (Fsp3) is 0.133. The monoisotopic (exact) mass is 423 g/mol. The van der Waals surface area contributed by atoms with Gasteiger partial charge in [-0.1, -0.05) is 0 Å². The van der Waals surface area contributed by atoms with E-state index in [2.05, 4.69) is 0 Å². The summed E-state index contributed by atoms with van der Waals surface area (Å²) in [6, 6.07) is 2.07. The smallest absolute Gasteiger partial charge is 0.322 e. The predicted molar refractivity (Wildman–Crippen MR) is 84.2 cm³/mol. The fourth-order valence-electron chi connectivity index (χ4n) is 2.20. The van der Waals surface area contributed by atoms with E-state index >= 15 is 0 Å². The van der Waals surface area contributed by atoms with E-state index in [9.17, 15) is 51.4 Å². The third kappa shape index (κ3) is 4.97. The number of non-ortho nitro benzene ring substituents is 1. The molecule has 1 N–H and O–H groups in total. The Balaban J connectivity index is 2.50. The number of nitrogens with zero attached hydrogens (tertiary/aromatic N) is 2. The Bertz CT molecular complexity index is 971. The van der Waals surface area contributed by atoms with Crippen molar-refractivity contribution in [3.8, 4) is 0 Å². The molecule has 0 aliphatic rings. The minimum atomic E-state index is -5.17. The van der Waals surface area contributed by atoms with Crippen LogP contribution in [0.15, 0.2) is 36.4 Å². The highest BCUT2D eigenvalue weighted by molar-refractivity contribution is 6.07. The molecule has 0 spiro atoms. The van der Waals surface area contributed by atoms with Gasteiger partial charge in [0.05, 0.1) is 27.0 Å². The zero-order valence-corrected chi connectivity index (χ0v) is 13.7. The van der Waals surface area contributed by atoms with Gasteiger partial charge < -0.3 is 5.32 Å². The zero-order valence-electron chi connectivity index (χ0n) is 13.7. The van der Waals surface area contributed by atoms with Crippen molar-refractivity contribution in [2.45, 2.75) is 12.4 Å². The van der Waals surface area contributed by atoms with Gasteiger partial charge in [-0.3, -0.25) is 25.0 Å². The topological polar surface area (TPSA) is 115 Å². The minimum absolute atomic E-state index is 0.163. The molecule has 2 rings (SSSR count). The Labute approximate surface area is 156 Å². The first-order valence-corrected chi connectivity index (χ1v) is 7.24. The summed E-state index contributed by atoms with van der Waals surface area (Å²) < 4.78 is 77.1. The Hall–Kier alpha value is -3.71. The van der Waals surface area contributed by atoms with E-state index in [1.807, 2.05) is 0 Å². The van der Waals surface area contributed by atoms with E-state index in [0.717, 1.165) is 6.07 Å². The van der Waals surface area contributed by atoms with Crippen LogP contribution in [-0.2, 0) is 12.4 Å². The van der Waals surface area contributed by atoms with Crippen molar-refractivity contribution in [1.82, 2.24) is 0 Å². The molecule has 0 atom stereocenters. The van der Waals surface area contributed by atoms with Gasteiger partial charge in [0, 0.05) is 11.8 Å². The normalized spacial score (nSPS) is 11.8. The second kappa shape index (κ2) is 7.37. The summed E-state index contributed by atoms with van der Waals surface area (Å²) in [5, 5.41) is 23.4. The van der Waals surface area contributed by atoms with Crippen molar-refractivity contribution in [2.75, 3.05) is 5.32 Å². The first-order valence-electron chi connectivity index (χ1n) is 7.24. The number of nitro benzene ring substituents is 2. The number of rotatable bonds is 4. The van der Waals surface area contributed by atoms with Crippen LogP contribution in [0.25, 0.3) is 0 Å². The van der Waals surface area contributed by atoms with Crippen molar-refractivity contribution in [3.63, 3.8) is 0 Å². The first kappa shape index (κ1) is 21.6. The Morgan fingerprint density at radius 1 is 0.828 bits per heavy atom. The van der Waals surface area contributed by atoms with E-state index in [-0.39, 0.29) is 18.2 Å². The maximum Gasteiger partial charge on any atom is 0.416 e. The molecule has 8 nitrogen and oxygen atoms in total. The maximum absolute atomic E-state index is 12.9. The maximum atomic E-state index is 12.9. The number of carbonyl (C=O) groups is 1. The van der Waals surface area contributed by atoms with E-state index in [4.69, 9.17) is 0 Å². The number of nitro groups is 2. The first-order chi connectivity index (χ1) is 13.2. The number of hydrogen-bond donors (Lipinski definition) is 1. The molecule has 154 valence electrons. The summed E-state index contributed by atoms with van der Waals surface area (Å²) in [6.07, 6.45) is -10.3. The fourth-order valence-corrected chi connectivity index (χ4v) is 2.20. The molecule has 0 aliphatic carbocycles. The van der Waals surface area contributed by atoms with E-state index in [1.165, 1.54) is 0 Å². The number of anilines is 1. The summed E-state index contributed by atoms with van der Waals surface area (Å²) in [5.41, 5.74) is -6.94. The van der Waals surface area contributed by atoms with Crippen LogP contribution < -0.4 is 5.32 Å². The largest absolute Gasteiger partial charge is 0.416 e. The third-order valence-electron chi connectivity index (χ3n) is 3.48. The average Bonchev–Trinajstić information content (AvgIpc) is 2.59. The summed E-state index contributed by atoms with van der Waals surface area (Å²) in [6.45, 7) is 0. The molecule has 0 aliphatic heterocycles. The molecule has 0 fully saturated rings. The van der Waals surface area contributed by atoms with Crippen LogP contribution in [0.1, 0.15) is 21.5 Å². The Morgan fingerprint density at radius 2 is 1.34 bits per heavy atom. The highest BCUT2D eigenvalue weighted by atomic mass is 19.4. The molecule has 0 unspecified atom stereocenters. The van der Waals surface area contributed by atoms with Crippen molar-refractivity contribution < 1.29 is 41.0 Å². The zero-order chi connectivity index (χ0) is 22.1. The Morgan fingerprint density at radius 3 is 1.76 bits per heavy atom. The lowest BCUT2D eigenvalue weighted by atomic mass is 10.1. The molecular weight excluding hydrogens is 416 g/mol. The van der Waals surface area contributed by atoms with Crippen LogP contribution >= 0.6 is 0 Å². The molecule has 0 bridgehead atoms. The van der Waals surface area contributed by atoms with Gasteiger partial charge in [0.1, 0.15) is 5.56 Å². The number of hydrogen-bond acceptors (Lipinski definition) is 5. The van der Waals surface area contributed by atoms with Gasteiger partial charge in [0.25, 0.3) is 17.3 Å². The molecule has 0 heterocycles. The third-order valence-corrected chi connectivity index (χ3v) is 3.48. The summed E-state index contributed by atoms with van der Waals surface area (Å²) in [4.78, 5) is 31.8. The second-order valence-corrected chi connectivity index (χ2v) is 5.46. The van der Waals surface area contributed by atoms with Crippen molar-refractivity contribution in [2.24, 2.45) is 0 Å². The van der Waals surface area contributed by atoms with Gasteiger partial charge in [-0.15, -0.1) is 0 Å². The number of carbonyl (C=O) groups excluding carboxylic acids is 1. The van der Waals surface area contributed by atoms with Crippen molar-refractivity contribution in [1.29, 1.82) is 0 Å². The summed E-state index contributed by atoms with van der Waals surface area (Å²) >= 11 is 0. The number of halogens is 6. The Kier molecular flexibility index (Phi) is 5.48. The van der Waals surface area contributed by atoms with Gasteiger partial charge in [0.2, 0.25) is 0 Å². The molecule has 0 saturated heterocycles. The van der Waals surface area contributed by atoms with E-state index in [1.54, 1.807) is 5.32 Å². The lowest BCUT2D eigenvalue weighted by molar-refractivity contribution is -0.394. The average molecular weight is 423 g/mol. The number of benzene rings is 2. The molecule has 0 aromatic heterocycles. The SMILES string of the molecule is O=C(Nc1cc(C(F)(F)F)cc(C(F)(F)F)c1)c1ccc([N+](=O)[O-])cc1[N+](=O)[O-]. The van der Waals surface area contributed by atoms with Crippen LogP contribution in [-0.4, -0.2) is 15.8 Å². The lowest BCUT2D eigenvalue weighted by Crippen LogP contribution is -2.17. The summed E-state index contributed by atoms with van der Waals surface area (Å²) in [7, 11) is 0. The van der Waals surface area contributed by atoms with Crippen LogP contribution in [0.4, 0.5) is 43.4 Å². The van der Waals surface area contributed by atoms with Gasteiger partial charge in [-0.2, -0.15) is 26.3 Å². The summed E-state index contributed by atoms with van der Waals surface area (Å²) in [5.74, 6) is -1.43. The van der Waals surface area contributed by atoms with Crippen molar-refractivity contribution in [3.05, 3.63) is 73.3 Å². The van der Waals surface area contributed by atoms with Gasteiger partial charge in [-0.25, -0.2) is 0 Å². The number of amides is 1. The second-order valence-electron chi connectivity index (χ2n) is 5.46. The van der Waals surface area contributed by atoms with Gasteiger partial charge >= 0.3 is 12.4 Å². The number of nitrogens with one attached hydrogen (secondary N) is 1. The molecule has 1 amide bonds. The number of alkyl halides is 6. The van der Waals surface area contributed by atoms with Gasteiger partial charge in [0.15, 0.2) is 0 Å². The minimum Gasteiger partial charge on any atom is -0.322 e. The molecular formula is C15H7F6N3O5.